The summed E-state index contributed by atoms with van der Waals surface area (Å²) in [5.74, 6) is -1.60. The summed E-state index contributed by atoms with van der Waals surface area (Å²) in [6.45, 7) is -0.719. The highest BCUT2D eigenvalue weighted by atomic mass is 19.4. The SMILES string of the molecule is O=C(OCC(=O)N(/N=C/c1ccccc1)c1cccc(C(F)(F)F)c1)c1ccncc1. The largest absolute Gasteiger partial charge is 0.452 e. The molecule has 0 saturated carbocycles. The number of carbonyl (C=O) groups excluding carboxylic acids is 2. The first-order valence-corrected chi connectivity index (χ1v) is 9.01. The molecule has 0 aliphatic rings. The number of amides is 1. The van der Waals surface area contributed by atoms with E-state index in [-0.39, 0.29) is 11.3 Å². The first kappa shape index (κ1) is 21.7. The van der Waals surface area contributed by atoms with Gasteiger partial charge in [0.05, 0.1) is 23.0 Å². The van der Waals surface area contributed by atoms with Gasteiger partial charge in [0.1, 0.15) is 0 Å². The lowest BCUT2D eigenvalue weighted by Crippen LogP contribution is -2.31. The molecule has 0 spiro atoms. The van der Waals surface area contributed by atoms with Gasteiger partial charge in [0.2, 0.25) is 0 Å². The van der Waals surface area contributed by atoms with Crippen LogP contribution < -0.4 is 5.01 Å². The zero-order chi connectivity index (χ0) is 22.3. The molecule has 3 aromatic rings. The number of rotatable bonds is 6. The van der Waals surface area contributed by atoms with E-state index in [9.17, 15) is 22.8 Å². The summed E-state index contributed by atoms with van der Waals surface area (Å²) in [4.78, 5) is 28.5. The van der Waals surface area contributed by atoms with Gasteiger partial charge >= 0.3 is 12.1 Å². The van der Waals surface area contributed by atoms with Crippen molar-refractivity contribution in [2.24, 2.45) is 5.10 Å². The third-order valence-corrected chi connectivity index (χ3v) is 4.02. The number of carbonyl (C=O) groups is 2. The molecule has 0 fully saturated rings. The predicted octanol–water partition coefficient (Wildman–Crippen LogP) is 4.32. The van der Waals surface area contributed by atoms with E-state index in [0.717, 1.165) is 17.1 Å². The van der Waals surface area contributed by atoms with E-state index in [1.807, 2.05) is 0 Å². The van der Waals surface area contributed by atoms with E-state index in [4.69, 9.17) is 4.74 Å². The Bertz CT molecular complexity index is 1070. The minimum atomic E-state index is -4.60. The number of esters is 1. The van der Waals surface area contributed by atoms with Gasteiger partial charge in [-0.3, -0.25) is 9.78 Å². The molecule has 0 aliphatic heterocycles. The van der Waals surface area contributed by atoms with E-state index >= 15 is 0 Å². The van der Waals surface area contributed by atoms with Crippen LogP contribution in [0, 0.1) is 0 Å². The maximum atomic E-state index is 13.1. The smallest absolute Gasteiger partial charge is 0.416 e. The quantitative estimate of drug-likeness (QED) is 0.334. The number of anilines is 1. The molecule has 0 saturated heterocycles. The van der Waals surface area contributed by atoms with E-state index in [1.165, 1.54) is 42.9 Å². The number of hydrogen-bond donors (Lipinski definition) is 0. The van der Waals surface area contributed by atoms with E-state index in [0.29, 0.717) is 5.56 Å². The molecule has 0 radical (unpaired) electrons. The average molecular weight is 427 g/mol. The van der Waals surface area contributed by atoms with Gasteiger partial charge in [-0.05, 0) is 35.9 Å². The van der Waals surface area contributed by atoms with Crippen molar-refractivity contribution in [3.63, 3.8) is 0 Å². The molecule has 6 nitrogen and oxygen atoms in total. The summed E-state index contributed by atoms with van der Waals surface area (Å²) >= 11 is 0. The van der Waals surface area contributed by atoms with Crippen molar-refractivity contribution < 1.29 is 27.5 Å². The predicted molar refractivity (Wildman–Crippen MR) is 107 cm³/mol. The molecule has 0 bridgehead atoms. The number of nitrogens with zero attached hydrogens (tertiary/aromatic N) is 3. The molecule has 3 rings (SSSR count). The summed E-state index contributed by atoms with van der Waals surface area (Å²) in [5, 5.41) is 4.79. The summed E-state index contributed by atoms with van der Waals surface area (Å²) < 4.78 is 44.3. The van der Waals surface area contributed by atoms with Crippen LogP contribution in [0.3, 0.4) is 0 Å². The molecule has 9 heteroatoms. The number of hydrazone groups is 1. The van der Waals surface area contributed by atoms with Crippen LogP contribution in [0.2, 0.25) is 0 Å². The van der Waals surface area contributed by atoms with Gasteiger partial charge in [-0.1, -0.05) is 36.4 Å². The van der Waals surface area contributed by atoms with Crippen LogP contribution in [0.15, 0.2) is 84.2 Å². The Morgan fingerprint density at radius 3 is 2.39 bits per heavy atom. The van der Waals surface area contributed by atoms with Gasteiger partial charge in [-0.25, -0.2) is 4.79 Å². The van der Waals surface area contributed by atoms with Crippen molar-refractivity contribution in [3.05, 3.63) is 95.8 Å². The molecule has 1 heterocycles. The molecule has 31 heavy (non-hydrogen) atoms. The summed E-state index contributed by atoms with van der Waals surface area (Å²) in [6.07, 6.45) is -0.500. The highest BCUT2D eigenvalue weighted by Crippen LogP contribution is 2.31. The molecule has 2 aromatic carbocycles. The van der Waals surface area contributed by atoms with Crippen molar-refractivity contribution >= 4 is 23.8 Å². The van der Waals surface area contributed by atoms with Gasteiger partial charge in [0.15, 0.2) is 6.61 Å². The van der Waals surface area contributed by atoms with Gasteiger partial charge in [-0.2, -0.15) is 23.3 Å². The van der Waals surface area contributed by atoms with Gasteiger partial charge in [-0.15, -0.1) is 0 Å². The molecule has 158 valence electrons. The number of benzene rings is 2. The number of pyridine rings is 1. The summed E-state index contributed by atoms with van der Waals surface area (Å²) in [5.41, 5.74) is -0.249. The van der Waals surface area contributed by atoms with Crippen LogP contribution in [-0.4, -0.2) is 29.7 Å². The number of alkyl halides is 3. The van der Waals surface area contributed by atoms with E-state index in [1.54, 1.807) is 30.3 Å². The standard InChI is InChI=1S/C22H16F3N3O3/c23-22(24,25)18-7-4-8-19(13-18)28(27-14-16-5-2-1-3-6-16)20(29)15-31-21(30)17-9-11-26-12-10-17/h1-14H,15H2/b27-14+. The van der Waals surface area contributed by atoms with Crippen molar-refractivity contribution in [2.75, 3.05) is 11.6 Å². The first-order chi connectivity index (χ1) is 14.8. The lowest BCUT2D eigenvalue weighted by Gasteiger charge is -2.18. The van der Waals surface area contributed by atoms with E-state index < -0.39 is 30.2 Å². The fourth-order valence-electron chi connectivity index (χ4n) is 2.51. The van der Waals surface area contributed by atoms with Crippen LogP contribution in [0.5, 0.6) is 0 Å². The van der Waals surface area contributed by atoms with E-state index in [2.05, 4.69) is 10.1 Å². The average Bonchev–Trinajstić information content (AvgIpc) is 2.78. The second-order valence-electron chi connectivity index (χ2n) is 6.22. The number of ether oxygens (including phenoxy) is 1. The molecular formula is C22H16F3N3O3. The molecule has 0 unspecified atom stereocenters. The lowest BCUT2D eigenvalue weighted by molar-refractivity contribution is -0.137. The number of aromatic nitrogens is 1. The topological polar surface area (TPSA) is 71.9 Å². The Morgan fingerprint density at radius 2 is 1.71 bits per heavy atom. The van der Waals surface area contributed by atoms with Gasteiger partial charge < -0.3 is 4.74 Å². The maximum absolute atomic E-state index is 13.1. The fraction of sp³-hybridized carbons (Fsp3) is 0.0909. The number of halogens is 3. The minimum Gasteiger partial charge on any atom is -0.452 e. The van der Waals surface area contributed by atoms with Crippen LogP contribution >= 0.6 is 0 Å². The Kier molecular flexibility index (Phi) is 6.76. The van der Waals surface area contributed by atoms with Crippen LogP contribution in [0.25, 0.3) is 0 Å². The zero-order valence-electron chi connectivity index (χ0n) is 16.0. The summed E-state index contributed by atoms with van der Waals surface area (Å²) in [6, 6.07) is 15.7. The van der Waals surface area contributed by atoms with Gasteiger partial charge in [0.25, 0.3) is 5.91 Å². The van der Waals surface area contributed by atoms with Crippen LogP contribution in [0.4, 0.5) is 18.9 Å². The second kappa shape index (κ2) is 9.66. The van der Waals surface area contributed by atoms with Crippen molar-refractivity contribution in [1.29, 1.82) is 0 Å². The molecule has 0 aliphatic carbocycles. The zero-order valence-corrected chi connectivity index (χ0v) is 16.0. The first-order valence-electron chi connectivity index (χ1n) is 9.01. The monoisotopic (exact) mass is 427 g/mol. The molecule has 1 amide bonds. The Morgan fingerprint density at radius 1 is 1.00 bits per heavy atom. The Hall–Kier alpha value is -4.01. The third kappa shape index (κ3) is 5.99. The molecule has 0 atom stereocenters. The minimum absolute atomic E-state index is 0.119. The van der Waals surface area contributed by atoms with Crippen LogP contribution in [-0.2, 0) is 15.7 Å². The third-order valence-electron chi connectivity index (χ3n) is 4.02. The highest BCUT2D eigenvalue weighted by Gasteiger charge is 2.31. The Balaban J connectivity index is 1.84. The fourth-order valence-corrected chi connectivity index (χ4v) is 2.51. The van der Waals surface area contributed by atoms with Crippen LogP contribution in [0.1, 0.15) is 21.5 Å². The maximum Gasteiger partial charge on any atom is 0.416 e. The van der Waals surface area contributed by atoms with Gasteiger partial charge in [0, 0.05) is 12.4 Å². The number of hydrogen-bond acceptors (Lipinski definition) is 5. The normalized spacial score (nSPS) is 11.3. The van der Waals surface area contributed by atoms with Crippen molar-refractivity contribution in [2.45, 2.75) is 6.18 Å². The molecule has 0 N–H and O–H groups in total. The summed E-state index contributed by atoms with van der Waals surface area (Å²) in [7, 11) is 0. The second-order valence-corrected chi connectivity index (χ2v) is 6.22. The lowest BCUT2D eigenvalue weighted by atomic mass is 10.2. The highest BCUT2D eigenvalue weighted by molar-refractivity contribution is 5.98. The Labute approximate surface area is 175 Å². The van der Waals surface area contributed by atoms with Crippen molar-refractivity contribution in [1.82, 2.24) is 4.98 Å². The van der Waals surface area contributed by atoms with Crippen molar-refractivity contribution in [3.8, 4) is 0 Å². The molecule has 1 aromatic heterocycles. The molecular weight excluding hydrogens is 411 g/mol.